The second kappa shape index (κ2) is 16.4. The van der Waals surface area contributed by atoms with Gasteiger partial charge in [0.2, 0.25) is 21.8 Å². The zero-order chi connectivity index (χ0) is 32.3. The summed E-state index contributed by atoms with van der Waals surface area (Å²) in [4.78, 5) is 29.2. The van der Waals surface area contributed by atoms with E-state index in [1.807, 2.05) is 68.4 Å². The lowest BCUT2D eigenvalue weighted by atomic mass is 10.0. The van der Waals surface area contributed by atoms with E-state index in [0.717, 1.165) is 17.4 Å². The largest absolute Gasteiger partial charge is 0.497 e. The molecule has 9 nitrogen and oxygen atoms in total. The van der Waals surface area contributed by atoms with E-state index in [9.17, 15) is 18.0 Å². The van der Waals surface area contributed by atoms with Crippen molar-refractivity contribution in [1.29, 1.82) is 0 Å². The van der Waals surface area contributed by atoms with Crippen molar-refractivity contribution >= 4 is 39.1 Å². The fourth-order valence-electron chi connectivity index (χ4n) is 4.76. The molecule has 11 heteroatoms. The van der Waals surface area contributed by atoms with Crippen LogP contribution in [0.5, 0.6) is 11.5 Å². The quantitative estimate of drug-likeness (QED) is 0.227. The molecular weight excluding hydrogens is 602 g/mol. The molecule has 0 saturated carbocycles. The Morgan fingerprint density at radius 2 is 1.64 bits per heavy atom. The minimum Gasteiger partial charge on any atom is -0.497 e. The van der Waals surface area contributed by atoms with Crippen molar-refractivity contribution in [2.75, 3.05) is 37.9 Å². The highest BCUT2D eigenvalue weighted by Crippen LogP contribution is 2.30. The lowest BCUT2D eigenvalue weighted by Crippen LogP contribution is -2.51. The van der Waals surface area contributed by atoms with Gasteiger partial charge in [0.15, 0.2) is 0 Å². The number of rotatable bonds is 16. The molecule has 0 aromatic heterocycles. The summed E-state index contributed by atoms with van der Waals surface area (Å²) < 4.78 is 37.3. The zero-order valence-corrected chi connectivity index (χ0v) is 27.5. The van der Waals surface area contributed by atoms with Gasteiger partial charge in [0.1, 0.15) is 17.5 Å². The molecular formula is C33H42ClN3O6S. The predicted octanol–water partition coefficient (Wildman–Crippen LogP) is 5.32. The van der Waals surface area contributed by atoms with Crippen LogP contribution in [0.2, 0.25) is 5.02 Å². The van der Waals surface area contributed by atoms with Gasteiger partial charge in [-0.05, 0) is 53.8 Å². The maximum Gasteiger partial charge on any atom is 0.243 e. The number of hydrogen-bond donors (Lipinski definition) is 1. The first kappa shape index (κ1) is 34.7. The number of anilines is 1. The number of ether oxygens (including phenoxy) is 2. The Hall–Kier alpha value is -3.76. The van der Waals surface area contributed by atoms with E-state index in [4.69, 9.17) is 21.1 Å². The van der Waals surface area contributed by atoms with E-state index in [2.05, 4.69) is 5.32 Å². The van der Waals surface area contributed by atoms with E-state index >= 15 is 0 Å². The van der Waals surface area contributed by atoms with Crippen LogP contribution in [0.15, 0.2) is 72.8 Å². The molecule has 0 spiro atoms. The van der Waals surface area contributed by atoms with E-state index in [1.54, 1.807) is 24.1 Å². The van der Waals surface area contributed by atoms with Gasteiger partial charge < -0.3 is 19.7 Å². The highest BCUT2D eigenvalue weighted by molar-refractivity contribution is 7.92. The van der Waals surface area contributed by atoms with Crippen molar-refractivity contribution < 1.29 is 27.5 Å². The molecule has 3 aromatic rings. The number of carbonyl (C=O) groups excluding carboxylic acids is 2. The number of halogens is 1. The standard InChI is InChI=1S/C33H42ClN3O6S/c1-24(2)22-35-33(39)30(20-25-11-7-6-8-12-25)36(23-26-13-9-14-28(19-26)42-3)32(38)15-10-18-37(44(5,40)41)27-16-17-31(43-4)29(34)21-27/h6-9,11-14,16-17,19,21,24,30H,10,15,18,20,22-23H2,1-5H3,(H,35,39). The van der Waals surface area contributed by atoms with E-state index in [0.29, 0.717) is 30.2 Å². The van der Waals surface area contributed by atoms with Crippen molar-refractivity contribution in [3.8, 4) is 11.5 Å². The molecule has 0 fully saturated rings. The number of hydrogen-bond acceptors (Lipinski definition) is 6. The first-order valence-corrected chi connectivity index (χ1v) is 16.7. The third-order valence-electron chi connectivity index (χ3n) is 7.02. The number of sulfonamides is 1. The molecule has 1 N–H and O–H groups in total. The fraction of sp³-hybridized carbons (Fsp3) is 0.394. The summed E-state index contributed by atoms with van der Waals surface area (Å²) in [6.07, 6.45) is 1.66. The average Bonchev–Trinajstić information content (AvgIpc) is 2.99. The van der Waals surface area contributed by atoms with Crippen LogP contribution in [0.3, 0.4) is 0 Å². The van der Waals surface area contributed by atoms with Crippen LogP contribution in [0.1, 0.15) is 37.8 Å². The van der Waals surface area contributed by atoms with Gasteiger partial charge in [-0.15, -0.1) is 0 Å². The number of nitrogens with one attached hydrogen (secondary N) is 1. The SMILES string of the molecule is COc1cccc(CN(C(=O)CCCN(c2ccc(OC)c(Cl)c2)S(C)(=O)=O)C(Cc2ccccc2)C(=O)NCC(C)C)c1. The van der Waals surface area contributed by atoms with Gasteiger partial charge in [0.25, 0.3) is 0 Å². The van der Waals surface area contributed by atoms with Crippen LogP contribution >= 0.6 is 11.6 Å². The van der Waals surface area contributed by atoms with Crippen LogP contribution in [-0.4, -0.2) is 64.7 Å². The Morgan fingerprint density at radius 3 is 2.25 bits per heavy atom. The topological polar surface area (TPSA) is 105 Å². The van der Waals surface area contributed by atoms with Crippen molar-refractivity contribution in [3.63, 3.8) is 0 Å². The van der Waals surface area contributed by atoms with E-state index in [-0.39, 0.29) is 48.7 Å². The minimum absolute atomic E-state index is 0.0165. The molecule has 0 bridgehead atoms. The third-order valence-corrected chi connectivity index (χ3v) is 8.51. The van der Waals surface area contributed by atoms with Gasteiger partial charge in [0.05, 0.1) is 31.2 Å². The summed E-state index contributed by atoms with van der Waals surface area (Å²) in [6.45, 7) is 4.71. The number of carbonyl (C=O) groups is 2. The molecule has 0 radical (unpaired) electrons. The molecule has 3 aromatic carbocycles. The summed E-state index contributed by atoms with van der Waals surface area (Å²) in [6, 6.07) is 20.9. The van der Waals surface area contributed by atoms with Crippen molar-refractivity contribution in [2.24, 2.45) is 5.92 Å². The molecule has 1 unspecified atom stereocenters. The van der Waals surface area contributed by atoms with E-state index < -0.39 is 16.1 Å². The number of methoxy groups -OCH3 is 2. The van der Waals surface area contributed by atoms with Crippen molar-refractivity contribution in [1.82, 2.24) is 10.2 Å². The summed E-state index contributed by atoms with van der Waals surface area (Å²) >= 11 is 6.27. The molecule has 0 heterocycles. The minimum atomic E-state index is -3.68. The van der Waals surface area contributed by atoms with Crippen LogP contribution in [0.4, 0.5) is 5.69 Å². The van der Waals surface area contributed by atoms with Crippen LogP contribution < -0.4 is 19.1 Å². The normalized spacial score (nSPS) is 12.0. The molecule has 3 rings (SSSR count). The van der Waals surface area contributed by atoms with Gasteiger partial charge in [-0.1, -0.05) is 67.9 Å². The highest BCUT2D eigenvalue weighted by Gasteiger charge is 2.31. The molecule has 0 aliphatic heterocycles. The average molecular weight is 644 g/mol. The number of nitrogens with zero attached hydrogens (tertiary/aromatic N) is 2. The summed E-state index contributed by atoms with van der Waals surface area (Å²) in [5, 5.41) is 3.28. The smallest absolute Gasteiger partial charge is 0.243 e. The molecule has 238 valence electrons. The second-order valence-electron chi connectivity index (χ2n) is 11.0. The Labute approximate surface area is 266 Å². The van der Waals surface area contributed by atoms with Crippen LogP contribution in [0.25, 0.3) is 0 Å². The van der Waals surface area contributed by atoms with Gasteiger partial charge in [-0.2, -0.15) is 0 Å². The molecule has 0 aliphatic carbocycles. The molecule has 0 saturated heterocycles. The third kappa shape index (κ3) is 10.2. The molecule has 1 atom stereocenters. The summed E-state index contributed by atoms with van der Waals surface area (Å²) in [5.41, 5.74) is 2.09. The predicted molar refractivity (Wildman–Crippen MR) is 175 cm³/mol. The van der Waals surface area contributed by atoms with Crippen molar-refractivity contribution in [2.45, 2.75) is 45.7 Å². The monoisotopic (exact) mass is 643 g/mol. The fourth-order valence-corrected chi connectivity index (χ4v) is 5.97. The lowest BCUT2D eigenvalue weighted by molar-refractivity contribution is -0.141. The summed E-state index contributed by atoms with van der Waals surface area (Å²) in [5.74, 6) is 0.777. The first-order valence-electron chi connectivity index (χ1n) is 14.5. The summed E-state index contributed by atoms with van der Waals surface area (Å²) in [7, 11) is -0.633. The zero-order valence-electron chi connectivity index (χ0n) is 26.0. The van der Waals surface area contributed by atoms with Gasteiger partial charge >= 0.3 is 0 Å². The van der Waals surface area contributed by atoms with Gasteiger partial charge in [-0.25, -0.2) is 8.42 Å². The van der Waals surface area contributed by atoms with Crippen LogP contribution in [-0.2, 0) is 32.6 Å². The van der Waals surface area contributed by atoms with Gasteiger partial charge in [0, 0.05) is 32.5 Å². The molecule has 0 aliphatic rings. The van der Waals surface area contributed by atoms with E-state index in [1.165, 1.54) is 17.5 Å². The highest BCUT2D eigenvalue weighted by atomic mass is 35.5. The Morgan fingerprint density at radius 1 is 0.932 bits per heavy atom. The lowest BCUT2D eigenvalue weighted by Gasteiger charge is -2.32. The number of benzene rings is 3. The molecule has 44 heavy (non-hydrogen) atoms. The molecule has 2 amide bonds. The Balaban J connectivity index is 1.90. The van der Waals surface area contributed by atoms with Crippen molar-refractivity contribution in [3.05, 3.63) is 88.9 Å². The van der Waals surface area contributed by atoms with Gasteiger partial charge in [-0.3, -0.25) is 13.9 Å². The Kier molecular flexibility index (Phi) is 12.9. The first-order chi connectivity index (χ1) is 20.9. The maximum atomic E-state index is 14.0. The number of amides is 2. The Bertz CT molecular complexity index is 1500. The maximum absolute atomic E-state index is 14.0. The van der Waals surface area contributed by atoms with Crippen LogP contribution in [0, 0.1) is 5.92 Å². The second-order valence-corrected chi connectivity index (χ2v) is 13.3.